The van der Waals surface area contributed by atoms with Crippen LogP contribution in [-0.4, -0.2) is 46.1 Å². The SMILES string of the molecule is [CH2-]N(CCc1ccc(C2CC2)cn1)CCN([CH-]C)C(=O)OC(C)(C)C.[Lr]. The number of hydrogen-bond acceptors (Lipinski definition) is 4. The van der Waals surface area contributed by atoms with Crippen molar-refractivity contribution in [2.45, 2.75) is 58.5 Å². The fourth-order valence-corrected chi connectivity index (χ4v) is 2.52. The molecule has 1 radical (unpaired) electrons. The molecule has 155 valence electrons. The van der Waals surface area contributed by atoms with Crippen LogP contribution in [0, 0.1) is 13.6 Å². The van der Waals surface area contributed by atoms with Gasteiger partial charge >= 0.3 is 6.09 Å². The Kier molecular flexibility index (Phi) is 7.56. The molecular formula is C20H31LrN3O2-2. The van der Waals surface area contributed by atoms with Crippen LogP contribution in [-0.2, 0) is 11.2 Å². The van der Waals surface area contributed by atoms with Gasteiger partial charge in [-0.1, -0.05) is 6.07 Å². The summed E-state index contributed by atoms with van der Waals surface area (Å²) in [5, 5.41) is 0. The summed E-state index contributed by atoms with van der Waals surface area (Å²) in [6.07, 6.45) is 5.15. The standard InChI is InChI=1S/C20H31N3O2.Lr/c1-6-23(19(24)25-20(2,3)4)14-13-22(5)12-11-18-10-9-17(15-21-18)16-7-8-16;/h6,9-10,15-16H,5,7-8,11-14H2,1-4H3;/q-2;. The maximum Gasteiger partial charge on any atom is 0.380 e. The Morgan fingerprint density at radius 3 is 2.50 bits per heavy atom. The molecule has 5 nitrogen and oxygen atoms in total. The summed E-state index contributed by atoms with van der Waals surface area (Å²) in [6, 6.07) is 4.32. The molecule has 0 unspecified atom stereocenters. The van der Waals surface area contributed by atoms with Gasteiger partial charge < -0.3 is 14.5 Å². The number of carbonyl (C=O) groups is 1. The predicted molar refractivity (Wildman–Crippen MR) is 99.8 cm³/mol. The first-order valence-corrected chi connectivity index (χ1v) is 9.08. The van der Waals surface area contributed by atoms with Crippen LogP contribution in [0.4, 0.5) is 4.79 Å². The maximum absolute atomic E-state index is 12.1. The molecule has 1 aromatic rings. The van der Waals surface area contributed by atoms with Gasteiger partial charge in [0.25, 0.3) is 0 Å². The number of aromatic nitrogens is 1. The number of pyridine rings is 1. The van der Waals surface area contributed by atoms with Gasteiger partial charge in [0.1, 0.15) is 5.60 Å². The average molecular weight is 607 g/mol. The van der Waals surface area contributed by atoms with E-state index < -0.39 is 5.60 Å². The third-order valence-electron chi connectivity index (χ3n) is 4.18. The largest absolute Gasteiger partial charge is 0.458 e. The van der Waals surface area contributed by atoms with Crippen molar-refractivity contribution in [3.8, 4) is 0 Å². The van der Waals surface area contributed by atoms with Gasteiger partial charge in [-0.3, -0.25) is 12.0 Å². The molecule has 0 N–H and O–H groups in total. The summed E-state index contributed by atoms with van der Waals surface area (Å²) >= 11 is 0. The van der Waals surface area contributed by atoms with E-state index in [4.69, 9.17) is 4.74 Å². The second-order valence-corrected chi connectivity index (χ2v) is 7.66. The van der Waals surface area contributed by atoms with Crippen LogP contribution in [0.2, 0.25) is 0 Å². The quantitative estimate of drug-likeness (QED) is 0.420. The smallest absolute Gasteiger partial charge is 0.380 e. The molecule has 0 aliphatic heterocycles. The van der Waals surface area contributed by atoms with Crippen molar-refractivity contribution in [3.63, 3.8) is 0 Å². The van der Waals surface area contributed by atoms with Gasteiger partial charge in [0.2, 0.25) is 0 Å². The molecule has 0 aromatic carbocycles. The maximum atomic E-state index is 12.1. The van der Waals surface area contributed by atoms with Crippen molar-refractivity contribution in [2.24, 2.45) is 0 Å². The summed E-state index contributed by atoms with van der Waals surface area (Å²) in [5.74, 6) is 0.745. The Bertz CT molecular complexity index is 553. The van der Waals surface area contributed by atoms with Gasteiger partial charge in [-0.25, -0.2) is 11.3 Å². The second kappa shape index (κ2) is 9.18. The average Bonchev–Trinajstić information content (AvgIpc) is 3.37. The third-order valence-corrected chi connectivity index (χ3v) is 4.18. The monoisotopic (exact) mass is 607 g/mol. The Hall–Kier alpha value is -2.62. The van der Waals surface area contributed by atoms with E-state index in [1.165, 1.54) is 18.4 Å². The van der Waals surface area contributed by atoms with Gasteiger partial charge in [0.05, 0.1) is 0 Å². The van der Waals surface area contributed by atoms with Crippen molar-refractivity contribution in [1.29, 1.82) is 0 Å². The first-order chi connectivity index (χ1) is 11.8. The number of rotatable bonds is 8. The van der Waals surface area contributed by atoms with Crippen molar-refractivity contribution in [2.75, 3.05) is 19.6 Å². The van der Waals surface area contributed by atoms with Crippen LogP contribution < -0.4 is 0 Å². The van der Waals surface area contributed by atoms with Crippen LogP contribution in [0.3, 0.4) is 0 Å². The summed E-state index contributed by atoms with van der Waals surface area (Å²) in [7, 11) is 4.06. The number of nitrogens with zero attached hydrogens (tertiary/aromatic N) is 3. The minimum Gasteiger partial charge on any atom is -0.458 e. The van der Waals surface area contributed by atoms with E-state index in [-0.39, 0.29) is 6.09 Å². The molecule has 6 heteroatoms. The molecule has 1 fully saturated rings. The molecule has 0 saturated heterocycles. The zero-order chi connectivity index (χ0) is 18.4. The van der Waals surface area contributed by atoms with Crippen molar-refractivity contribution < 1.29 is 9.53 Å². The molecule has 0 spiro atoms. The normalized spacial score (nSPS) is 14.1. The molecule has 26 heavy (non-hydrogen) atoms. The molecule has 1 amide bonds. The molecular weight excluding hydrogens is 576 g/mol. The zero-order valence-corrected chi connectivity index (χ0v) is 18.4. The summed E-state index contributed by atoms with van der Waals surface area (Å²) < 4.78 is 5.39. The summed E-state index contributed by atoms with van der Waals surface area (Å²) in [5.41, 5.74) is 1.96. The number of ether oxygens (including phenoxy) is 1. The van der Waals surface area contributed by atoms with Crippen molar-refractivity contribution in [1.82, 2.24) is 14.8 Å². The molecule has 1 aliphatic carbocycles. The van der Waals surface area contributed by atoms with Crippen LogP contribution in [0.25, 0.3) is 0 Å². The first kappa shape index (κ1) is 21.4. The minimum absolute atomic E-state index is 0. The third kappa shape index (κ3) is 7.09. The number of carbonyl (C=O) groups excluding carboxylic acids is 1. The Morgan fingerprint density at radius 1 is 1.31 bits per heavy atom. The van der Waals surface area contributed by atoms with Crippen LogP contribution in [0.1, 0.15) is 57.7 Å². The predicted octanol–water partition coefficient (Wildman–Crippen LogP) is 4.01. The van der Waals surface area contributed by atoms with E-state index in [2.05, 4.69) is 24.2 Å². The number of amides is 1. The van der Waals surface area contributed by atoms with Gasteiger partial charge in [0.15, 0.2) is 0 Å². The van der Waals surface area contributed by atoms with Crippen LogP contribution in [0.5, 0.6) is 0 Å². The minimum atomic E-state index is -0.485. The summed E-state index contributed by atoms with van der Waals surface area (Å²) in [4.78, 5) is 20.2. The van der Waals surface area contributed by atoms with E-state index >= 15 is 0 Å². The fourth-order valence-electron chi connectivity index (χ4n) is 2.52. The summed E-state index contributed by atoms with van der Waals surface area (Å²) in [6.45, 7) is 11.2. The van der Waals surface area contributed by atoms with Crippen molar-refractivity contribution >= 4 is 6.09 Å². The Balaban J connectivity index is 0.00000338. The van der Waals surface area contributed by atoms with E-state index in [0.29, 0.717) is 13.1 Å². The van der Waals surface area contributed by atoms with Crippen LogP contribution in [0.15, 0.2) is 18.3 Å². The molecule has 1 aliphatic rings. The zero-order valence-electron chi connectivity index (χ0n) is 16.3. The van der Waals surface area contributed by atoms with E-state index in [0.717, 1.165) is 24.6 Å². The van der Waals surface area contributed by atoms with Gasteiger partial charge in [-0.15, -0.1) is 0 Å². The first-order valence-electron chi connectivity index (χ1n) is 9.08. The molecule has 0 atom stereocenters. The molecule has 1 heterocycles. The Labute approximate surface area is 152 Å². The molecule has 0 bridgehead atoms. The molecule has 2 rings (SSSR count). The van der Waals surface area contributed by atoms with Gasteiger partial charge in [-0.05, 0) is 70.7 Å². The van der Waals surface area contributed by atoms with Gasteiger partial charge in [-0.2, -0.15) is 6.92 Å². The second-order valence-electron chi connectivity index (χ2n) is 7.66. The van der Waals surface area contributed by atoms with Crippen molar-refractivity contribution in [3.05, 3.63) is 43.2 Å². The van der Waals surface area contributed by atoms with E-state index in [1.54, 1.807) is 11.4 Å². The molecule has 1 saturated carbocycles. The topological polar surface area (TPSA) is 45.7 Å². The Morgan fingerprint density at radius 2 is 2.00 bits per heavy atom. The molecule has 1 aromatic heterocycles. The van der Waals surface area contributed by atoms with E-state index in [9.17, 15) is 4.79 Å². The van der Waals surface area contributed by atoms with Crippen LogP contribution >= 0.6 is 0 Å². The van der Waals surface area contributed by atoms with E-state index in [1.807, 2.05) is 38.8 Å². The van der Waals surface area contributed by atoms with Gasteiger partial charge in [0, 0.05) is 18.4 Å². The fraction of sp³-hybridized carbons (Fsp3) is 0.600. The number of hydrogen-bond donors (Lipinski definition) is 0.